The number of hydrogen-bond acceptors (Lipinski definition) is 4. The molecule has 0 spiro atoms. The largest absolute Gasteiger partial charge is 0.332 e. The van der Waals surface area contributed by atoms with E-state index in [0.717, 1.165) is 21.4 Å². The van der Waals surface area contributed by atoms with Crippen molar-refractivity contribution in [2.24, 2.45) is 7.05 Å². The van der Waals surface area contributed by atoms with E-state index in [0.29, 0.717) is 30.2 Å². The normalized spacial score (nSPS) is 13.2. The van der Waals surface area contributed by atoms with Crippen LogP contribution in [-0.4, -0.2) is 25.2 Å². The molecular formula is C23H21ClFN5O2. The standard InChI is InChI=1S/C23H21ClFN5O2/c1-13-9-14(2)11-15(10-13)28-7-8-29-19-20(26-22(28)29)27(3)23(32)30(21(19)31)12-16-17(24)5-4-6-18(16)25/h4-6,9-11H,7-8,12H2,1-3H3. The molecule has 0 bridgehead atoms. The first kappa shape index (κ1) is 20.5. The van der Waals surface area contributed by atoms with Crippen molar-refractivity contribution in [3.63, 3.8) is 0 Å². The van der Waals surface area contributed by atoms with Gasteiger partial charge in [0.25, 0.3) is 5.56 Å². The highest BCUT2D eigenvalue weighted by Gasteiger charge is 2.29. The summed E-state index contributed by atoms with van der Waals surface area (Å²) < 4.78 is 18.5. The molecule has 9 heteroatoms. The second kappa shape index (κ2) is 7.34. The van der Waals surface area contributed by atoms with Crippen LogP contribution in [0.1, 0.15) is 16.7 Å². The highest BCUT2D eigenvalue weighted by molar-refractivity contribution is 6.31. The number of anilines is 2. The summed E-state index contributed by atoms with van der Waals surface area (Å²) >= 11 is 6.14. The summed E-state index contributed by atoms with van der Waals surface area (Å²) in [4.78, 5) is 33.1. The zero-order chi connectivity index (χ0) is 22.7. The molecule has 0 aliphatic carbocycles. The minimum atomic E-state index is -0.573. The third kappa shape index (κ3) is 3.05. The van der Waals surface area contributed by atoms with Crippen LogP contribution in [0.2, 0.25) is 5.02 Å². The Morgan fingerprint density at radius 2 is 1.81 bits per heavy atom. The fourth-order valence-electron chi connectivity index (χ4n) is 4.41. The maximum Gasteiger partial charge on any atom is 0.332 e. The van der Waals surface area contributed by atoms with E-state index in [9.17, 15) is 14.0 Å². The van der Waals surface area contributed by atoms with Gasteiger partial charge in [-0.1, -0.05) is 23.7 Å². The van der Waals surface area contributed by atoms with E-state index >= 15 is 0 Å². The van der Waals surface area contributed by atoms with Crippen molar-refractivity contribution < 1.29 is 4.39 Å². The van der Waals surface area contributed by atoms with Gasteiger partial charge < -0.3 is 9.47 Å². The van der Waals surface area contributed by atoms with Crippen molar-refractivity contribution in [1.82, 2.24) is 18.7 Å². The van der Waals surface area contributed by atoms with Crippen LogP contribution in [0.25, 0.3) is 11.2 Å². The lowest BCUT2D eigenvalue weighted by atomic mass is 10.1. The molecule has 1 aliphatic rings. The van der Waals surface area contributed by atoms with E-state index in [1.54, 1.807) is 7.05 Å². The molecule has 0 amide bonds. The molecular weight excluding hydrogens is 433 g/mol. The van der Waals surface area contributed by atoms with E-state index in [1.807, 2.05) is 23.3 Å². The smallest absolute Gasteiger partial charge is 0.310 e. The number of fused-ring (bicyclic) bond motifs is 3. The van der Waals surface area contributed by atoms with Gasteiger partial charge in [0.1, 0.15) is 5.82 Å². The molecule has 0 fully saturated rings. The lowest BCUT2D eigenvalue weighted by molar-refractivity contribution is 0.582. The van der Waals surface area contributed by atoms with Crippen molar-refractivity contribution in [2.45, 2.75) is 26.9 Å². The van der Waals surface area contributed by atoms with E-state index in [4.69, 9.17) is 11.6 Å². The maximum atomic E-state index is 14.3. The van der Waals surface area contributed by atoms with Gasteiger partial charge in [-0.15, -0.1) is 0 Å². The Morgan fingerprint density at radius 1 is 1.09 bits per heavy atom. The Balaban J connectivity index is 1.70. The van der Waals surface area contributed by atoms with Crippen LogP contribution in [0.5, 0.6) is 0 Å². The van der Waals surface area contributed by atoms with Crippen molar-refractivity contribution in [2.75, 3.05) is 11.4 Å². The molecule has 0 radical (unpaired) electrons. The summed E-state index contributed by atoms with van der Waals surface area (Å²) in [6.45, 7) is 5.01. The van der Waals surface area contributed by atoms with Gasteiger partial charge in [-0.25, -0.2) is 9.18 Å². The number of rotatable bonds is 3. The first-order valence-electron chi connectivity index (χ1n) is 10.2. The molecule has 1 aliphatic heterocycles. The van der Waals surface area contributed by atoms with E-state index in [2.05, 4.69) is 23.2 Å². The second-order valence-corrected chi connectivity index (χ2v) is 8.57. The molecule has 4 aromatic rings. The Kier molecular flexibility index (Phi) is 4.70. The first-order valence-corrected chi connectivity index (χ1v) is 10.6. The number of benzene rings is 2. The minimum absolute atomic E-state index is 0.103. The maximum absolute atomic E-state index is 14.3. The van der Waals surface area contributed by atoms with Gasteiger partial charge in [0.2, 0.25) is 5.95 Å². The molecule has 0 saturated carbocycles. The average Bonchev–Trinajstić information content (AvgIpc) is 3.30. The Labute approximate surface area is 187 Å². The topological polar surface area (TPSA) is 65.1 Å². The zero-order valence-corrected chi connectivity index (χ0v) is 18.6. The van der Waals surface area contributed by atoms with Crippen molar-refractivity contribution in [1.29, 1.82) is 0 Å². The summed E-state index contributed by atoms with van der Waals surface area (Å²) in [5.41, 5.74) is 2.89. The number of halogens is 2. The molecule has 7 nitrogen and oxygen atoms in total. The molecule has 32 heavy (non-hydrogen) atoms. The number of hydrogen-bond donors (Lipinski definition) is 0. The van der Waals surface area contributed by atoms with Crippen LogP contribution in [0.15, 0.2) is 46.0 Å². The number of nitrogens with zero attached hydrogens (tertiary/aromatic N) is 5. The quantitative estimate of drug-likeness (QED) is 0.476. The van der Waals surface area contributed by atoms with Crippen LogP contribution in [0, 0.1) is 19.7 Å². The predicted molar refractivity (Wildman–Crippen MR) is 123 cm³/mol. The van der Waals surface area contributed by atoms with Gasteiger partial charge in [0.15, 0.2) is 11.2 Å². The molecule has 0 unspecified atom stereocenters. The van der Waals surface area contributed by atoms with Crippen LogP contribution in [-0.2, 0) is 20.1 Å². The summed E-state index contributed by atoms with van der Waals surface area (Å²) in [5.74, 6) is 0.0461. The van der Waals surface area contributed by atoms with Crippen LogP contribution in [0.3, 0.4) is 0 Å². The van der Waals surface area contributed by atoms with E-state index in [-0.39, 0.29) is 17.1 Å². The molecule has 164 valence electrons. The number of imidazole rings is 1. The van der Waals surface area contributed by atoms with Gasteiger partial charge in [-0.05, 0) is 49.2 Å². The molecule has 5 rings (SSSR count). The predicted octanol–water partition coefficient (Wildman–Crippen LogP) is 3.51. The summed E-state index contributed by atoms with van der Waals surface area (Å²) in [5, 5.41) is 0.165. The summed E-state index contributed by atoms with van der Waals surface area (Å²) in [7, 11) is 1.56. The second-order valence-electron chi connectivity index (χ2n) is 8.17. The van der Waals surface area contributed by atoms with E-state index in [1.165, 1.54) is 22.8 Å². The Bertz CT molecular complexity index is 1480. The van der Waals surface area contributed by atoms with Crippen LogP contribution < -0.4 is 16.1 Å². The molecule has 0 N–H and O–H groups in total. The van der Waals surface area contributed by atoms with Gasteiger partial charge in [0.05, 0.1) is 6.54 Å². The van der Waals surface area contributed by atoms with E-state index < -0.39 is 17.1 Å². The molecule has 0 saturated heterocycles. The third-order valence-electron chi connectivity index (χ3n) is 5.90. The van der Waals surface area contributed by atoms with Crippen molar-refractivity contribution >= 4 is 34.4 Å². The van der Waals surface area contributed by atoms with Crippen LogP contribution >= 0.6 is 11.6 Å². The van der Waals surface area contributed by atoms with Gasteiger partial charge in [-0.2, -0.15) is 4.98 Å². The lowest BCUT2D eigenvalue weighted by Gasteiger charge is -2.17. The van der Waals surface area contributed by atoms with Gasteiger partial charge in [0, 0.05) is 36.4 Å². The number of aromatic nitrogens is 4. The molecule has 2 aromatic carbocycles. The molecule has 0 atom stereocenters. The monoisotopic (exact) mass is 453 g/mol. The van der Waals surface area contributed by atoms with Crippen molar-refractivity contribution in [3.05, 3.63) is 84.8 Å². The van der Waals surface area contributed by atoms with Crippen LogP contribution in [0.4, 0.5) is 16.0 Å². The third-order valence-corrected chi connectivity index (χ3v) is 6.25. The highest BCUT2D eigenvalue weighted by atomic mass is 35.5. The molecule has 3 heterocycles. The fourth-order valence-corrected chi connectivity index (χ4v) is 4.63. The Morgan fingerprint density at radius 3 is 2.50 bits per heavy atom. The number of aryl methyl sites for hydroxylation is 3. The SMILES string of the molecule is Cc1cc(C)cc(N2CCn3c2nc2c3c(=O)n(Cc3c(F)cccc3Cl)c(=O)n2C)c1. The summed E-state index contributed by atoms with van der Waals surface area (Å²) in [6.07, 6.45) is 0. The first-order chi connectivity index (χ1) is 15.3. The zero-order valence-electron chi connectivity index (χ0n) is 17.9. The van der Waals surface area contributed by atoms with Gasteiger partial charge >= 0.3 is 5.69 Å². The minimum Gasteiger partial charge on any atom is -0.310 e. The fraction of sp³-hybridized carbons (Fsp3) is 0.261. The summed E-state index contributed by atoms with van der Waals surface area (Å²) in [6, 6.07) is 10.5. The van der Waals surface area contributed by atoms with Crippen molar-refractivity contribution in [3.8, 4) is 0 Å². The van der Waals surface area contributed by atoms with Gasteiger partial charge in [-0.3, -0.25) is 13.9 Å². The highest BCUT2D eigenvalue weighted by Crippen LogP contribution is 2.32. The Hall–Kier alpha value is -3.39. The molecule has 2 aromatic heterocycles. The average molecular weight is 454 g/mol. The lowest BCUT2D eigenvalue weighted by Crippen LogP contribution is -2.40.